The first-order valence-electron chi connectivity index (χ1n) is 5.59. The van der Waals surface area contributed by atoms with Gasteiger partial charge in [0.05, 0.1) is 0 Å². The number of halogens is 3. The lowest BCUT2D eigenvalue weighted by molar-refractivity contribution is -0.141. The average Bonchev–Trinajstić information content (AvgIpc) is 2.77. The number of carboxylic acids is 1. The van der Waals surface area contributed by atoms with E-state index in [9.17, 15) is 18.0 Å². The van der Waals surface area contributed by atoms with E-state index in [1.54, 1.807) is 19.1 Å². The Morgan fingerprint density at radius 2 is 1.90 bits per heavy atom. The molecule has 0 aliphatic rings. The Kier molecular flexibility index (Phi) is 3.29. The summed E-state index contributed by atoms with van der Waals surface area (Å²) >= 11 is 0. The molecule has 4 nitrogen and oxygen atoms in total. The van der Waals surface area contributed by atoms with Crippen LogP contribution in [0.3, 0.4) is 0 Å². The predicted molar refractivity (Wildman–Crippen MR) is 63.4 cm³/mol. The molecule has 1 N–H and O–H groups in total. The fourth-order valence-corrected chi connectivity index (χ4v) is 1.66. The summed E-state index contributed by atoms with van der Waals surface area (Å²) in [4.78, 5) is 14.1. The fraction of sp³-hybridized carbons (Fsp3) is 0.231. The van der Waals surface area contributed by atoms with Crippen molar-refractivity contribution in [1.82, 2.24) is 4.98 Å². The van der Waals surface area contributed by atoms with E-state index >= 15 is 0 Å². The molecule has 0 aliphatic carbocycles. The molecule has 2 rings (SSSR count). The number of rotatable bonds is 2. The second kappa shape index (κ2) is 4.66. The first-order chi connectivity index (χ1) is 9.20. The molecule has 0 amide bonds. The Balaban J connectivity index is 2.58. The summed E-state index contributed by atoms with van der Waals surface area (Å²) < 4.78 is 42.8. The molecule has 7 heteroatoms. The number of aromatic nitrogens is 1. The first kappa shape index (κ1) is 14.1. The van der Waals surface area contributed by atoms with Gasteiger partial charge in [0.1, 0.15) is 0 Å². The van der Waals surface area contributed by atoms with Crippen LogP contribution in [0.25, 0.3) is 11.5 Å². The van der Waals surface area contributed by atoms with E-state index in [0.29, 0.717) is 5.56 Å². The minimum absolute atomic E-state index is 0.297. The lowest BCUT2D eigenvalue weighted by Crippen LogP contribution is -2.11. The van der Waals surface area contributed by atoms with Crippen LogP contribution in [0.15, 0.2) is 22.6 Å². The smallest absolute Gasteiger partial charge is 0.437 e. The van der Waals surface area contributed by atoms with Gasteiger partial charge in [-0.2, -0.15) is 13.2 Å². The summed E-state index contributed by atoms with van der Waals surface area (Å²) in [5, 5.41) is 8.75. The number of oxazole rings is 1. The van der Waals surface area contributed by atoms with Crippen LogP contribution in [0.4, 0.5) is 13.2 Å². The Labute approximate surface area is 111 Å². The van der Waals surface area contributed by atoms with Gasteiger partial charge < -0.3 is 9.52 Å². The van der Waals surface area contributed by atoms with Crippen LogP contribution in [-0.4, -0.2) is 16.1 Å². The molecule has 1 heterocycles. The van der Waals surface area contributed by atoms with E-state index in [2.05, 4.69) is 4.98 Å². The quantitative estimate of drug-likeness (QED) is 0.914. The molecular weight excluding hydrogens is 275 g/mol. The van der Waals surface area contributed by atoms with Gasteiger partial charge in [0.2, 0.25) is 11.7 Å². The van der Waals surface area contributed by atoms with Crippen molar-refractivity contribution >= 4 is 5.97 Å². The molecule has 0 unspecified atom stereocenters. The molecular formula is C13H10F3NO3. The summed E-state index contributed by atoms with van der Waals surface area (Å²) in [6, 6.07) is 4.81. The Morgan fingerprint density at radius 3 is 2.35 bits per heavy atom. The summed E-state index contributed by atoms with van der Waals surface area (Å²) in [7, 11) is 0. The standard InChI is InChI=1S/C13H10F3NO3/c1-6-3-4-8(5-7(6)2)11-17-10(13(14,15)16)9(20-11)12(18)19/h3-5H,1-2H3,(H,18,19). The Bertz CT molecular complexity index is 674. The topological polar surface area (TPSA) is 63.3 Å². The van der Waals surface area contributed by atoms with Crippen molar-refractivity contribution in [2.24, 2.45) is 0 Å². The number of benzene rings is 1. The highest BCUT2D eigenvalue weighted by atomic mass is 19.4. The van der Waals surface area contributed by atoms with E-state index in [4.69, 9.17) is 9.52 Å². The van der Waals surface area contributed by atoms with Crippen molar-refractivity contribution in [3.05, 3.63) is 40.8 Å². The first-order valence-corrected chi connectivity index (χ1v) is 5.59. The number of carbonyl (C=O) groups is 1. The zero-order valence-electron chi connectivity index (χ0n) is 10.6. The third-order valence-electron chi connectivity index (χ3n) is 2.84. The van der Waals surface area contributed by atoms with E-state index < -0.39 is 23.6 Å². The number of aromatic carboxylic acids is 1. The second-order valence-electron chi connectivity index (χ2n) is 4.30. The van der Waals surface area contributed by atoms with Crippen LogP contribution in [0, 0.1) is 13.8 Å². The average molecular weight is 285 g/mol. The van der Waals surface area contributed by atoms with Crippen molar-refractivity contribution in [2.75, 3.05) is 0 Å². The Hall–Kier alpha value is -2.31. The van der Waals surface area contributed by atoms with Crippen molar-refractivity contribution in [1.29, 1.82) is 0 Å². The monoisotopic (exact) mass is 285 g/mol. The summed E-state index contributed by atoms with van der Waals surface area (Å²) in [5.74, 6) is -3.37. The van der Waals surface area contributed by atoms with Crippen LogP contribution in [0.1, 0.15) is 27.4 Å². The Morgan fingerprint density at radius 1 is 1.25 bits per heavy atom. The number of nitrogens with zero attached hydrogens (tertiary/aromatic N) is 1. The summed E-state index contributed by atoms with van der Waals surface area (Å²) in [6.07, 6.45) is -4.88. The zero-order chi connectivity index (χ0) is 15.1. The molecule has 0 atom stereocenters. The zero-order valence-corrected chi connectivity index (χ0v) is 10.6. The van der Waals surface area contributed by atoms with Gasteiger partial charge in [-0.05, 0) is 37.1 Å². The SMILES string of the molecule is Cc1ccc(-c2nc(C(F)(F)F)c(C(=O)O)o2)cc1C. The molecule has 2 aromatic rings. The van der Waals surface area contributed by atoms with Gasteiger partial charge in [0, 0.05) is 5.56 Å². The van der Waals surface area contributed by atoms with Crippen LogP contribution in [-0.2, 0) is 6.18 Å². The summed E-state index contributed by atoms with van der Waals surface area (Å²) in [5.41, 5.74) is 0.560. The van der Waals surface area contributed by atoms with Crippen LogP contribution < -0.4 is 0 Å². The molecule has 20 heavy (non-hydrogen) atoms. The normalized spacial score (nSPS) is 11.7. The lowest BCUT2D eigenvalue weighted by atomic mass is 10.1. The predicted octanol–water partition coefficient (Wildman–Crippen LogP) is 3.68. The molecule has 1 aromatic heterocycles. The fourth-order valence-electron chi connectivity index (χ4n) is 1.66. The maximum Gasteiger partial charge on any atom is 0.437 e. The molecule has 0 bridgehead atoms. The van der Waals surface area contributed by atoms with Crippen LogP contribution in [0.5, 0.6) is 0 Å². The maximum absolute atomic E-state index is 12.7. The highest BCUT2D eigenvalue weighted by Gasteiger charge is 2.41. The van der Waals surface area contributed by atoms with Crippen molar-refractivity contribution in [3.8, 4) is 11.5 Å². The third kappa shape index (κ3) is 2.52. The highest BCUT2D eigenvalue weighted by Crippen LogP contribution is 2.34. The van der Waals surface area contributed by atoms with Gasteiger partial charge in [0.15, 0.2) is 5.69 Å². The minimum atomic E-state index is -4.88. The van der Waals surface area contributed by atoms with Gasteiger partial charge in [-0.25, -0.2) is 9.78 Å². The number of hydrogen-bond acceptors (Lipinski definition) is 3. The number of alkyl halides is 3. The van der Waals surface area contributed by atoms with E-state index in [1.165, 1.54) is 6.07 Å². The van der Waals surface area contributed by atoms with Gasteiger partial charge in [-0.3, -0.25) is 0 Å². The molecule has 0 spiro atoms. The van der Waals surface area contributed by atoms with Crippen molar-refractivity contribution in [3.63, 3.8) is 0 Å². The van der Waals surface area contributed by atoms with E-state index in [1.807, 2.05) is 6.92 Å². The molecule has 1 aromatic carbocycles. The van der Waals surface area contributed by atoms with Gasteiger partial charge in [-0.15, -0.1) is 0 Å². The summed E-state index contributed by atoms with van der Waals surface area (Å²) in [6.45, 7) is 3.63. The second-order valence-corrected chi connectivity index (χ2v) is 4.30. The van der Waals surface area contributed by atoms with Crippen LogP contribution >= 0.6 is 0 Å². The minimum Gasteiger partial charge on any atom is -0.475 e. The number of carboxylic acid groups (broad SMARTS) is 1. The van der Waals surface area contributed by atoms with Crippen molar-refractivity contribution < 1.29 is 27.5 Å². The van der Waals surface area contributed by atoms with E-state index in [0.717, 1.165) is 11.1 Å². The molecule has 0 fully saturated rings. The lowest BCUT2D eigenvalue weighted by Gasteiger charge is -2.01. The molecule has 106 valence electrons. The van der Waals surface area contributed by atoms with Gasteiger partial charge in [-0.1, -0.05) is 6.07 Å². The van der Waals surface area contributed by atoms with Gasteiger partial charge >= 0.3 is 12.1 Å². The molecule has 0 saturated carbocycles. The molecule has 0 aliphatic heterocycles. The van der Waals surface area contributed by atoms with Crippen LogP contribution in [0.2, 0.25) is 0 Å². The van der Waals surface area contributed by atoms with E-state index in [-0.39, 0.29) is 5.89 Å². The van der Waals surface area contributed by atoms with Gasteiger partial charge in [0.25, 0.3) is 0 Å². The molecule has 0 radical (unpaired) electrons. The largest absolute Gasteiger partial charge is 0.475 e. The van der Waals surface area contributed by atoms with Crippen molar-refractivity contribution in [2.45, 2.75) is 20.0 Å². The number of hydrogen-bond donors (Lipinski definition) is 1. The number of aryl methyl sites for hydroxylation is 2. The molecule has 0 saturated heterocycles. The third-order valence-corrected chi connectivity index (χ3v) is 2.84. The highest BCUT2D eigenvalue weighted by molar-refractivity contribution is 5.86. The maximum atomic E-state index is 12.7.